The molecule has 0 fully saturated rings. The monoisotopic (exact) mass is 404 g/mol. The van der Waals surface area contributed by atoms with Crippen LogP contribution in [0.5, 0.6) is 17.2 Å². The molecule has 0 radical (unpaired) electrons. The van der Waals surface area contributed by atoms with Gasteiger partial charge in [0.1, 0.15) is 22.8 Å². The minimum absolute atomic E-state index is 0.0103. The molecule has 0 aliphatic carbocycles. The number of ketones is 1. The highest BCUT2D eigenvalue weighted by molar-refractivity contribution is 6.30. The van der Waals surface area contributed by atoms with Crippen molar-refractivity contribution < 1.29 is 28.5 Å². The van der Waals surface area contributed by atoms with Gasteiger partial charge in [0.15, 0.2) is 19.3 Å². The van der Waals surface area contributed by atoms with Crippen molar-refractivity contribution in [3.63, 3.8) is 0 Å². The third-order valence-electron chi connectivity index (χ3n) is 4.29. The van der Waals surface area contributed by atoms with Crippen LogP contribution in [-0.2, 0) is 9.47 Å². The highest BCUT2D eigenvalue weighted by Crippen LogP contribution is 2.48. The van der Waals surface area contributed by atoms with Gasteiger partial charge in [0, 0.05) is 30.4 Å². The molecule has 2 aromatic carbocycles. The summed E-state index contributed by atoms with van der Waals surface area (Å²) in [6.07, 6.45) is 1.67. The topological polar surface area (TPSA) is 63.2 Å². The van der Waals surface area contributed by atoms with Crippen molar-refractivity contribution in [2.75, 3.05) is 27.8 Å². The maximum absolute atomic E-state index is 13.1. The second kappa shape index (κ2) is 8.65. The Morgan fingerprint density at radius 1 is 0.964 bits per heavy atom. The van der Waals surface area contributed by atoms with E-state index >= 15 is 0 Å². The Labute approximate surface area is 168 Å². The van der Waals surface area contributed by atoms with E-state index in [4.69, 9.17) is 35.3 Å². The number of benzene rings is 2. The Morgan fingerprint density at radius 2 is 1.57 bits per heavy atom. The standard InChI is InChI=1S/C21H21ClO6/c1-12-19(26-10-24-3)13(2)21-17(20(12)27-11-25-4)18(23)16(28-21)9-14-5-7-15(22)8-6-14/h5-9H,10-11H2,1-4H3. The summed E-state index contributed by atoms with van der Waals surface area (Å²) in [6, 6.07) is 7.12. The number of hydrogen-bond acceptors (Lipinski definition) is 6. The Bertz CT molecular complexity index is 918. The van der Waals surface area contributed by atoms with Gasteiger partial charge in [-0.15, -0.1) is 0 Å². The second-order valence-corrected chi connectivity index (χ2v) is 6.64. The maximum Gasteiger partial charge on any atom is 0.235 e. The van der Waals surface area contributed by atoms with Crippen molar-refractivity contribution in [1.29, 1.82) is 0 Å². The van der Waals surface area contributed by atoms with Crippen molar-refractivity contribution in [3.8, 4) is 17.2 Å². The smallest absolute Gasteiger partial charge is 0.235 e. The molecule has 28 heavy (non-hydrogen) atoms. The van der Waals surface area contributed by atoms with Gasteiger partial charge in [-0.25, -0.2) is 0 Å². The largest absolute Gasteiger partial charge is 0.467 e. The molecule has 7 heteroatoms. The zero-order chi connectivity index (χ0) is 20.3. The van der Waals surface area contributed by atoms with Gasteiger partial charge in [0.05, 0.1) is 0 Å². The Morgan fingerprint density at radius 3 is 2.18 bits per heavy atom. The van der Waals surface area contributed by atoms with Gasteiger partial charge in [0.2, 0.25) is 5.78 Å². The summed E-state index contributed by atoms with van der Waals surface area (Å²) >= 11 is 5.93. The van der Waals surface area contributed by atoms with E-state index in [1.165, 1.54) is 14.2 Å². The van der Waals surface area contributed by atoms with Crippen LogP contribution < -0.4 is 14.2 Å². The number of fused-ring (bicyclic) bond motifs is 1. The van der Waals surface area contributed by atoms with Crippen molar-refractivity contribution in [2.45, 2.75) is 13.8 Å². The van der Waals surface area contributed by atoms with Gasteiger partial charge in [-0.2, -0.15) is 0 Å². The number of ether oxygens (including phenoxy) is 5. The zero-order valence-electron chi connectivity index (χ0n) is 16.1. The van der Waals surface area contributed by atoms with Crippen molar-refractivity contribution in [2.24, 2.45) is 0 Å². The number of halogens is 1. The quantitative estimate of drug-likeness (QED) is 0.498. The molecule has 6 nitrogen and oxygen atoms in total. The fraction of sp³-hybridized carbons (Fsp3) is 0.286. The number of hydrogen-bond donors (Lipinski definition) is 0. The van der Waals surface area contributed by atoms with Gasteiger partial charge < -0.3 is 23.7 Å². The SMILES string of the molecule is COCOc1c(C)c(OCOC)c2c(c1C)OC(=Cc1ccc(Cl)cc1)C2=O. The van der Waals surface area contributed by atoms with E-state index in [9.17, 15) is 4.79 Å². The van der Waals surface area contributed by atoms with E-state index in [1.807, 2.05) is 26.0 Å². The molecule has 148 valence electrons. The maximum atomic E-state index is 13.1. The van der Waals surface area contributed by atoms with Gasteiger partial charge in [-0.05, 0) is 37.6 Å². The number of carbonyl (C=O) groups excluding carboxylic acids is 1. The molecule has 1 aliphatic heterocycles. The van der Waals surface area contributed by atoms with Crippen LogP contribution in [0.1, 0.15) is 27.0 Å². The minimum Gasteiger partial charge on any atom is -0.467 e. The van der Waals surface area contributed by atoms with E-state index in [2.05, 4.69) is 0 Å². The number of allylic oxidation sites excluding steroid dienone is 1. The molecule has 0 bridgehead atoms. The first kappa shape index (κ1) is 20.2. The minimum atomic E-state index is -0.263. The van der Waals surface area contributed by atoms with Crippen LogP contribution in [0.2, 0.25) is 5.02 Å². The molecule has 3 rings (SSSR count). The lowest BCUT2D eigenvalue weighted by molar-refractivity contribution is 0.0443. The highest BCUT2D eigenvalue weighted by Gasteiger charge is 2.36. The lowest BCUT2D eigenvalue weighted by Gasteiger charge is -2.18. The Hall–Kier alpha value is -2.54. The average molecular weight is 405 g/mol. The average Bonchev–Trinajstić information content (AvgIpc) is 3.00. The third kappa shape index (κ3) is 3.85. The van der Waals surface area contributed by atoms with Gasteiger partial charge in [-0.3, -0.25) is 4.79 Å². The lowest BCUT2D eigenvalue weighted by Crippen LogP contribution is -2.09. The predicted molar refractivity (Wildman–Crippen MR) is 105 cm³/mol. The summed E-state index contributed by atoms with van der Waals surface area (Å²) in [5.41, 5.74) is 2.53. The molecule has 0 atom stereocenters. The molecule has 2 aromatic rings. The van der Waals surface area contributed by atoms with E-state index in [0.29, 0.717) is 39.0 Å². The molecular formula is C21H21ClO6. The molecule has 1 aliphatic rings. The molecule has 0 unspecified atom stereocenters. The first-order valence-electron chi connectivity index (χ1n) is 8.58. The first-order valence-corrected chi connectivity index (χ1v) is 8.96. The molecule has 0 N–H and O–H groups in total. The third-order valence-corrected chi connectivity index (χ3v) is 4.54. The molecule has 1 heterocycles. The molecular weight excluding hydrogens is 384 g/mol. The number of methoxy groups -OCH3 is 2. The van der Waals surface area contributed by atoms with E-state index in [1.54, 1.807) is 18.2 Å². The van der Waals surface area contributed by atoms with Crippen molar-refractivity contribution in [3.05, 3.63) is 57.3 Å². The van der Waals surface area contributed by atoms with Crippen LogP contribution >= 0.6 is 11.6 Å². The van der Waals surface area contributed by atoms with Crippen molar-refractivity contribution in [1.82, 2.24) is 0 Å². The molecule has 0 amide bonds. The predicted octanol–water partition coefficient (Wildman–Crippen LogP) is 4.54. The first-order chi connectivity index (χ1) is 13.5. The summed E-state index contributed by atoms with van der Waals surface area (Å²) in [4.78, 5) is 13.1. The fourth-order valence-corrected chi connectivity index (χ4v) is 3.14. The molecule has 0 saturated heterocycles. The van der Waals surface area contributed by atoms with Crippen LogP contribution in [0.15, 0.2) is 30.0 Å². The van der Waals surface area contributed by atoms with Gasteiger partial charge in [0.25, 0.3) is 0 Å². The Kier molecular flexibility index (Phi) is 6.24. The molecule has 0 saturated carbocycles. The second-order valence-electron chi connectivity index (χ2n) is 6.21. The summed E-state index contributed by atoms with van der Waals surface area (Å²) in [5.74, 6) is 1.27. The summed E-state index contributed by atoms with van der Waals surface area (Å²) in [7, 11) is 3.05. The normalized spacial score (nSPS) is 14.2. The molecule has 0 spiro atoms. The summed E-state index contributed by atoms with van der Waals surface area (Å²) in [5, 5.41) is 0.616. The van der Waals surface area contributed by atoms with E-state index in [-0.39, 0.29) is 25.1 Å². The van der Waals surface area contributed by atoms with Crippen LogP contribution in [-0.4, -0.2) is 33.6 Å². The van der Waals surface area contributed by atoms with Gasteiger partial charge in [-0.1, -0.05) is 23.7 Å². The number of carbonyl (C=O) groups is 1. The highest BCUT2D eigenvalue weighted by atomic mass is 35.5. The van der Waals surface area contributed by atoms with Crippen molar-refractivity contribution >= 4 is 23.5 Å². The van der Waals surface area contributed by atoms with Crippen LogP contribution in [0.4, 0.5) is 0 Å². The van der Waals surface area contributed by atoms with Gasteiger partial charge >= 0.3 is 0 Å². The number of rotatable bonds is 7. The molecule has 0 aromatic heterocycles. The van der Waals surface area contributed by atoms with Crippen LogP contribution in [0.3, 0.4) is 0 Å². The zero-order valence-corrected chi connectivity index (χ0v) is 16.9. The Balaban J connectivity index is 2.08. The lowest BCUT2D eigenvalue weighted by atomic mass is 10.00. The van der Waals surface area contributed by atoms with E-state index < -0.39 is 0 Å². The van der Waals surface area contributed by atoms with E-state index in [0.717, 1.165) is 5.56 Å². The summed E-state index contributed by atoms with van der Waals surface area (Å²) < 4.78 is 27.3. The van der Waals surface area contributed by atoms with Crippen LogP contribution in [0, 0.1) is 13.8 Å². The fourth-order valence-electron chi connectivity index (χ4n) is 3.02. The summed E-state index contributed by atoms with van der Waals surface area (Å²) in [6.45, 7) is 3.70. The van der Waals surface area contributed by atoms with Crippen LogP contribution in [0.25, 0.3) is 6.08 Å². The number of Topliss-reactive ketones (excluding diaryl/α,β-unsaturated/α-hetero) is 1.